The van der Waals surface area contributed by atoms with Crippen LogP contribution < -0.4 is 0 Å². The molecule has 58 heavy (non-hydrogen) atoms. The second kappa shape index (κ2) is 18.3. The first-order valence-electron chi connectivity index (χ1n) is 20.8. The molecule has 6 rings (SSSR count). The van der Waals surface area contributed by atoms with Crippen LogP contribution in [0.25, 0.3) is 0 Å². The van der Waals surface area contributed by atoms with Crippen LogP contribution in [0.15, 0.2) is 0 Å². The molecule has 2 unspecified atom stereocenters. The van der Waals surface area contributed by atoms with Gasteiger partial charge in [0.05, 0.1) is 64.1 Å². The van der Waals surface area contributed by atoms with Crippen molar-refractivity contribution < 1.29 is 86.2 Å². The van der Waals surface area contributed by atoms with E-state index in [9.17, 15) is 57.8 Å². The molecule has 4 aliphatic carbocycles. The molecule has 2 aliphatic heterocycles. The van der Waals surface area contributed by atoms with Gasteiger partial charge < -0.3 is 33.5 Å². The molecule has 0 aromatic rings. The Bertz CT molecular complexity index is 1150. The molecule has 2 saturated heterocycles. The minimum atomic E-state index is -5.54. The predicted octanol–water partition coefficient (Wildman–Crippen LogP) is 9.67. The van der Waals surface area contributed by atoms with Crippen LogP contribution in [0.5, 0.6) is 0 Å². The van der Waals surface area contributed by atoms with E-state index in [-0.39, 0.29) is 116 Å². The third kappa shape index (κ3) is 10.2. The third-order valence-electron chi connectivity index (χ3n) is 14.0. The first-order valence-corrected chi connectivity index (χ1v) is 20.8. The summed E-state index contributed by atoms with van der Waals surface area (Å²) in [6, 6.07) is 0. The van der Waals surface area contributed by atoms with E-state index in [2.05, 4.69) is 0 Å². The standard InChI is InChI=1S/C39H56F12O7/c40-36(41,42)34(37(43,44)45,25-5-13-30(14-6-25)55-19-32-21-57-32)23-1-9-28(10-2-23)53-17-27(52)18-54-29-11-3-24(4-12-29)35(38(46,47)48,39(49,50)51)26-7-15-31(16-8-26)56-20-33-22-58-33/h23-33,52H,1-22H2. The van der Waals surface area contributed by atoms with Gasteiger partial charge in [-0.1, -0.05) is 0 Å². The number of ether oxygens (including phenoxy) is 6. The van der Waals surface area contributed by atoms with Crippen molar-refractivity contribution in [2.45, 2.75) is 170 Å². The summed E-state index contributed by atoms with van der Waals surface area (Å²) < 4.78 is 210. The van der Waals surface area contributed by atoms with Gasteiger partial charge in [-0.2, -0.15) is 52.7 Å². The lowest BCUT2D eigenvalue weighted by Crippen LogP contribution is -2.61. The van der Waals surface area contributed by atoms with Crippen LogP contribution in [0.4, 0.5) is 52.7 Å². The number of aliphatic hydroxyl groups is 1. The molecule has 0 aromatic carbocycles. The summed E-state index contributed by atoms with van der Waals surface area (Å²) >= 11 is 0. The molecule has 338 valence electrons. The summed E-state index contributed by atoms with van der Waals surface area (Å²) in [6.07, 6.45) is -28.6. The van der Waals surface area contributed by atoms with Crippen LogP contribution in [0, 0.1) is 34.5 Å². The number of rotatable bonds is 16. The first-order chi connectivity index (χ1) is 27.2. The van der Waals surface area contributed by atoms with Crippen LogP contribution >= 0.6 is 0 Å². The van der Waals surface area contributed by atoms with Gasteiger partial charge in [0.25, 0.3) is 0 Å². The van der Waals surface area contributed by atoms with E-state index in [0.29, 0.717) is 13.2 Å². The van der Waals surface area contributed by atoms with Gasteiger partial charge in [-0.15, -0.1) is 0 Å². The van der Waals surface area contributed by atoms with E-state index in [0.717, 1.165) is 0 Å². The Morgan fingerprint density at radius 1 is 0.397 bits per heavy atom. The van der Waals surface area contributed by atoms with Crippen LogP contribution in [0.2, 0.25) is 0 Å². The maximum atomic E-state index is 14.8. The zero-order valence-corrected chi connectivity index (χ0v) is 32.3. The Morgan fingerprint density at radius 3 is 0.828 bits per heavy atom. The number of halogens is 12. The van der Waals surface area contributed by atoms with Crippen molar-refractivity contribution >= 4 is 0 Å². The Balaban J connectivity index is 0.962. The highest BCUT2D eigenvalue weighted by Crippen LogP contribution is 2.66. The molecular weight excluding hydrogens is 808 g/mol. The normalized spacial score (nSPS) is 35.1. The highest BCUT2D eigenvalue weighted by Gasteiger charge is 2.77. The lowest BCUT2D eigenvalue weighted by atomic mass is 9.57. The molecule has 4 saturated carbocycles. The molecule has 19 heteroatoms. The van der Waals surface area contributed by atoms with Gasteiger partial charge in [0.1, 0.15) is 18.3 Å². The molecule has 0 bridgehead atoms. The van der Waals surface area contributed by atoms with Crippen molar-refractivity contribution in [3.63, 3.8) is 0 Å². The van der Waals surface area contributed by atoms with E-state index < -0.39 is 115 Å². The number of epoxide rings is 2. The molecule has 2 heterocycles. The summed E-state index contributed by atoms with van der Waals surface area (Å²) in [4.78, 5) is 0. The molecular formula is C39H56F12O7. The summed E-state index contributed by atoms with van der Waals surface area (Å²) in [5.74, 6) is -6.76. The predicted molar refractivity (Wildman–Crippen MR) is 181 cm³/mol. The summed E-state index contributed by atoms with van der Waals surface area (Å²) in [5.41, 5.74) is -7.77. The maximum Gasteiger partial charge on any atom is 0.403 e. The van der Waals surface area contributed by atoms with Gasteiger partial charge in [0.15, 0.2) is 10.8 Å². The minimum Gasteiger partial charge on any atom is -0.388 e. The van der Waals surface area contributed by atoms with E-state index in [4.69, 9.17) is 28.4 Å². The number of hydrogen-bond donors (Lipinski definition) is 1. The Kier molecular flexibility index (Phi) is 14.6. The van der Waals surface area contributed by atoms with Gasteiger partial charge in [0.2, 0.25) is 0 Å². The molecule has 6 aliphatic rings. The van der Waals surface area contributed by atoms with Crippen LogP contribution in [-0.4, -0.2) is 112 Å². The molecule has 0 spiro atoms. The molecule has 0 amide bonds. The zero-order valence-electron chi connectivity index (χ0n) is 32.3. The Morgan fingerprint density at radius 2 is 0.621 bits per heavy atom. The second-order valence-electron chi connectivity index (χ2n) is 17.5. The fraction of sp³-hybridized carbons (Fsp3) is 1.00. The van der Waals surface area contributed by atoms with Gasteiger partial charge in [0, 0.05) is 0 Å². The number of aliphatic hydroxyl groups excluding tert-OH is 1. The first kappa shape index (κ1) is 46.4. The van der Waals surface area contributed by atoms with Crippen molar-refractivity contribution in [2.75, 3.05) is 39.6 Å². The molecule has 7 nitrogen and oxygen atoms in total. The van der Waals surface area contributed by atoms with E-state index in [1.807, 2.05) is 0 Å². The van der Waals surface area contributed by atoms with E-state index in [1.165, 1.54) is 0 Å². The molecule has 6 fully saturated rings. The third-order valence-corrected chi connectivity index (χ3v) is 14.0. The van der Waals surface area contributed by atoms with Crippen molar-refractivity contribution in [1.82, 2.24) is 0 Å². The average molecular weight is 865 g/mol. The molecule has 1 N–H and O–H groups in total. The smallest absolute Gasteiger partial charge is 0.388 e. The van der Waals surface area contributed by atoms with E-state index in [1.54, 1.807) is 0 Å². The van der Waals surface area contributed by atoms with E-state index >= 15 is 0 Å². The highest BCUT2D eigenvalue weighted by molar-refractivity contribution is 5.06. The van der Waals surface area contributed by atoms with Gasteiger partial charge in [-0.25, -0.2) is 0 Å². The number of alkyl halides is 12. The zero-order chi connectivity index (χ0) is 42.1. The van der Waals surface area contributed by atoms with Crippen LogP contribution in [-0.2, 0) is 28.4 Å². The van der Waals surface area contributed by atoms with Gasteiger partial charge in [-0.3, -0.25) is 0 Å². The summed E-state index contributed by atoms with van der Waals surface area (Å²) in [7, 11) is 0. The largest absolute Gasteiger partial charge is 0.403 e. The maximum absolute atomic E-state index is 14.8. The van der Waals surface area contributed by atoms with Gasteiger partial charge >= 0.3 is 24.7 Å². The average Bonchev–Trinajstić information content (AvgIpc) is 4.08. The molecule has 0 aromatic heterocycles. The lowest BCUT2D eigenvalue weighted by molar-refractivity contribution is -0.384. The highest BCUT2D eigenvalue weighted by atomic mass is 19.4. The molecule has 2 atom stereocenters. The van der Waals surface area contributed by atoms with Crippen molar-refractivity contribution in [1.29, 1.82) is 0 Å². The monoisotopic (exact) mass is 864 g/mol. The van der Waals surface area contributed by atoms with Crippen molar-refractivity contribution in [3.8, 4) is 0 Å². The Labute approximate surface area is 330 Å². The second-order valence-corrected chi connectivity index (χ2v) is 17.5. The quantitative estimate of drug-likeness (QED) is 0.122. The number of hydrogen-bond acceptors (Lipinski definition) is 7. The summed E-state index contributed by atoms with van der Waals surface area (Å²) in [6.45, 7) is 0.830. The van der Waals surface area contributed by atoms with Crippen LogP contribution in [0.1, 0.15) is 103 Å². The fourth-order valence-electron chi connectivity index (χ4n) is 10.9. The summed E-state index contributed by atoms with van der Waals surface area (Å²) in [5, 5.41) is 10.5. The fourth-order valence-corrected chi connectivity index (χ4v) is 10.9. The Hall–Kier alpha value is -1.12. The molecule has 0 radical (unpaired) electrons. The van der Waals surface area contributed by atoms with Gasteiger partial charge in [-0.05, 0) is 126 Å². The van der Waals surface area contributed by atoms with Crippen molar-refractivity contribution in [3.05, 3.63) is 0 Å². The lowest BCUT2D eigenvalue weighted by Gasteiger charge is -2.51. The van der Waals surface area contributed by atoms with Crippen LogP contribution in [0.3, 0.4) is 0 Å². The van der Waals surface area contributed by atoms with Crippen molar-refractivity contribution in [2.24, 2.45) is 34.5 Å². The topological polar surface area (TPSA) is 82.2 Å². The minimum absolute atomic E-state index is 0.0754. The SMILES string of the molecule is OC(COC1CCC(C(C2CCC(OCC3CO3)CC2)(C(F)(F)F)C(F)(F)F)CC1)COC1CCC(C(C2CCC(OCC3CO3)CC2)(C(F)(F)F)C(F)(F)F)CC1.